The van der Waals surface area contributed by atoms with Crippen molar-refractivity contribution in [2.24, 2.45) is 0 Å². The highest BCUT2D eigenvalue weighted by atomic mass is 16.3. The zero-order valence-corrected chi connectivity index (χ0v) is 33.2. The van der Waals surface area contributed by atoms with E-state index in [2.05, 4.69) is 229 Å². The first-order valence-electron chi connectivity index (χ1n) is 21.1. The van der Waals surface area contributed by atoms with Crippen LogP contribution in [-0.4, -0.2) is 0 Å². The van der Waals surface area contributed by atoms with Crippen LogP contribution in [0.15, 0.2) is 229 Å². The molecular formula is C59H37NO. The molecule has 0 unspecified atom stereocenters. The minimum absolute atomic E-state index is 0.467. The van der Waals surface area contributed by atoms with Crippen molar-refractivity contribution < 1.29 is 4.42 Å². The standard InChI is InChI=1S/C59H37NO/c1-3-15-38(16-4-1)39-27-29-43(30-28-39)60(55-34-33-49-50-35-41-19-7-8-20-42(41)36-56(50)61-58(49)57(55)40-17-5-2-6-18-40)44-31-32-48-47-23-11-14-26-53(47)59(54(48)37-44)51-24-12-9-21-45(51)46-22-10-13-25-52(46)59/h1-37H. The summed E-state index contributed by atoms with van der Waals surface area (Å²) >= 11 is 0. The van der Waals surface area contributed by atoms with Crippen molar-refractivity contribution in [2.45, 2.75) is 5.41 Å². The van der Waals surface area contributed by atoms with Crippen molar-refractivity contribution >= 4 is 49.8 Å². The number of fused-ring (bicyclic) bond motifs is 14. The van der Waals surface area contributed by atoms with Crippen LogP contribution in [0.5, 0.6) is 0 Å². The van der Waals surface area contributed by atoms with Crippen LogP contribution < -0.4 is 4.90 Å². The van der Waals surface area contributed by atoms with E-state index >= 15 is 0 Å². The van der Waals surface area contributed by atoms with E-state index in [1.54, 1.807) is 0 Å². The van der Waals surface area contributed by atoms with Gasteiger partial charge < -0.3 is 9.32 Å². The minimum atomic E-state index is -0.467. The Bertz CT molecular complexity index is 3460. The zero-order valence-electron chi connectivity index (χ0n) is 33.2. The van der Waals surface area contributed by atoms with Gasteiger partial charge in [-0.25, -0.2) is 0 Å². The summed E-state index contributed by atoms with van der Waals surface area (Å²) in [5.74, 6) is 0. The molecule has 61 heavy (non-hydrogen) atoms. The maximum Gasteiger partial charge on any atom is 0.145 e. The normalized spacial score (nSPS) is 13.0. The van der Waals surface area contributed by atoms with E-state index < -0.39 is 5.41 Å². The van der Waals surface area contributed by atoms with Gasteiger partial charge in [0, 0.05) is 27.7 Å². The van der Waals surface area contributed by atoms with E-state index in [4.69, 9.17) is 4.42 Å². The lowest BCUT2D eigenvalue weighted by molar-refractivity contribution is 0.670. The third kappa shape index (κ3) is 4.85. The number of anilines is 3. The highest BCUT2D eigenvalue weighted by molar-refractivity contribution is 6.16. The van der Waals surface area contributed by atoms with Crippen LogP contribution in [0.3, 0.4) is 0 Å². The van der Waals surface area contributed by atoms with E-state index in [1.807, 2.05) is 0 Å². The molecule has 284 valence electrons. The van der Waals surface area contributed by atoms with Crippen LogP contribution in [0, 0.1) is 0 Å². The molecule has 0 N–H and O–H groups in total. The van der Waals surface area contributed by atoms with E-state index in [-0.39, 0.29) is 0 Å². The largest absolute Gasteiger partial charge is 0.455 e. The Hall–Kier alpha value is -7.94. The van der Waals surface area contributed by atoms with Crippen molar-refractivity contribution in [3.8, 4) is 44.5 Å². The fourth-order valence-corrected chi connectivity index (χ4v) is 10.7. The van der Waals surface area contributed by atoms with Gasteiger partial charge in [-0.1, -0.05) is 176 Å². The van der Waals surface area contributed by atoms with Crippen LogP contribution in [0.2, 0.25) is 0 Å². The summed E-state index contributed by atoms with van der Waals surface area (Å²) in [6.07, 6.45) is 0. The second-order valence-electron chi connectivity index (χ2n) is 16.4. The topological polar surface area (TPSA) is 16.4 Å². The van der Waals surface area contributed by atoms with Gasteiger partial charge in [0.1, 0.15) is 11.2 Å². The van der Waals surface area contributed by atoms with Crippen LogP contribution in [0.4, 0.5) is 17.1 Å². The molecule has 1 heterocycles. The highest BCUT2D eigenvalue weighted by Gasteiger charge is 2.51. The second kappa shape index (κ2) is 13.0. The van der Waals surface area contributed by atoms with Crippen LogP contribution in [0.1, 0.15) is 22.3 Å². The van der Waals surface area contributed by atoms with Gasteiger partial charge in [0.15, 0.2) is 0 Å². The Kier molecular flexibility index (Phi) is 7.26. The molecule has 2 heteroatoms. The first-order chi connectivity index (χ1) is 30.3. The molecular weight excluding hydrogens is 739 g/mol. The van der Waals surface area contributed by atoms with Crippen molar-refractivity contribution in [3.05, 3.63) is 247 Å². The first-order valence-corrected chi connectivity index (χ1v) is 21.1. The van der Waals surface area contributed by atoms with Crippen LogP contribution in [0.25, 0.3) is 77.2 Å². The Morgan fingerprint density at radius 1 is 0.344 bits per heavy atom. The molecule has 2 aliphatic rings. The summed E-state index contributed by atoms with van der Waals surface area (Å²) in [4.78, 5) is 2.45. The number of hydrogen-bond donors (Lipinski definition) is 0. The van der Waals surface area contributed by atoms with E-state index in [0.717, 1.165) is 50.1 Å². The van der Waals surface area contributed by atoms with Crippen molar-refractivity contribution in [1.29, 1.82) is 0 Å². The van der Waals surface area contributed by atoms with E-state index in [1.165, 1.54) is 66.4 Å². The molecule has 1 spiro atoms. The zero-order chi connectivity index (χ0) is 40.1. The Morgan fingerprint density at radius 3 is 1.49 bits per heavy atom. The first kappa shape index (κ1) is 34.0. The highest BCUT2D eigenvalue weighted by Crippen LogP contribution is 2.63. The molecule has 13 rings (SSSR count). The molecule has 0 aliphatic heterocycles. The van der Waals surface area contributed by atoms with Gasteiger partial charge in [-0.2, -0.15) is 0 Å². The number of hydrogen-bond acceptors (Lipinski definition) is 2. The second-order valence-corrected chi connectivity index (χ2v) is 16.4. The number of benzene rings is 10. The monoisotopic (exact) mass is 775 g/mol. The summed E-state index contributed by atoms with van der Waals surface area (Å²) in [5.41, 5.74) is 19.5. The van der Waals surface area contributed by atoms with Crippen molar-refractivity contribution in [3.63, 3.8) is 0 Å². The fraction of sp³-hybridized carbons (Fsp3) is 0.0169. The predicted octanol–water partition coefficient (Wildman–Crippen LogP) is 15.9. The Labute approximate surface area is 354 Å². The van der Waals surface area contributed by atoms with Crippen molar-refractivity contribution in [2.75, 3.05) is 4.90 Å². The summed E-state index contributed by atoms with van der Waals surface area (Å²) in [7, 11) is 0. The van der Waals surface area contributed by atoms with Gasteiger partial charge in [0.25, 0.3) is 0 Å². The summed E-state index contributed by atoms with van der Waals surface area (Å²) in [6, 6.07) is 82.2. The lowest BCUT2D eigenvalue weighted by Crippen LogP contribution is -2.26. The molecule has 0 saturated heterocycles. The third-order valence-corrected chi connectivity index (χ3v) is 13.3. The maximum absolute atomic E-state index is 7.03. The van der Waals surface area contributed by atoms with Gasteiger partial charge in [0.05, 0.1) is 11.1 Å². The molecule has 2 aliphatic carbocycles. The van der Waals surface area contributed by atoms with E-state index in [9.17, 15) is 0 Å². The maximum atomic E-state index is 7.03. The molecule has 0 radical (unpaired) electrons. The molecule has 11 aromatic rings. The third-order valence-electron chi connectivity index (χ3n) is 13.3. The molecule has 0 amide bonds. The SMILES string of the molecule is c1ccc(-c2ccc(N(c3ccc4c(c3)C3(c5ccccc5-c5ccccc53)c3ccccc3-4)c3ccc4c(oc5cc6ccccc6cc54)c3-c3ccccc3)cc2)cc1. The minimum Gasteiger partial charge on any atom is -0.455 e. The molecule has 0 atom stereocenters. The quantitative estimate of drug-likeness (QED) is 0.173. The van der Waals surface area contributed by atoms with Gasteiger partial charge in [-0.15, -0.1) is 0 Å². The number of nitrogens with zero attached hydrogens (tertiary/aromatic N) is 1. The van der Waals surface area contributed by atoms with Crippen molar-refractivity contribution in [1.82, 2.24) is 0 Å². The predicted molar refractivity (Wildman–Crippen MR) is 253 cm³/mol. The molecule has 2 nitrogen and oxygen atoms in total. The number of furan rings is 1. The van der Waals surface area contributed by atoms with Gasteiger partial charge in [0.2, 0.25) is 0 Å². The van der Waals surface area contributed by atoms with Gasteiger partial charge in [-0.05, 0) is 121 Å². The fourth-order valence-electron chi connectivity index (χ4n) is 10.7. The average Bonchev–Trinajstić information content (AvgIpc) is 3.95. The van der Waals surface area contributed by atoms with Gasteiger partial charge >= 0.3 is 0 Å². The summed E-state index contributed by atoms with van der Waals surface area (Å²) in [6.45, 7) is 0. The lowest BCUT2D eigenvalue weighted by atomic mass is 9.70. The molecule has 10 aromatic carbocycles. The summed E-state index contributed by atoms with van der Waals surface area (Å²) < 4.78 is 7.03. The molecule has 0 saturated carbocycles. The lowest BCUT2D eigenvalue weighted by Gasteiger charge is -2.32. The Morgan fingerprint density at radius 2 is 0.852 bits per heavy atom. The summed E-state index contributed by atoms with van der Waals surface area (Å²) in [5, 5.41) is 4.59. The van der Waals surface area contributed by atoms with Crippen LogP contribution >= 0.6 is 0 Å². The Balaban J connectivity index is 1.10. The van der Waals surface area contributed by atoms with Crippen LogP contribution in [-0.2, 0) is 5.41 Å². The van der Waals surface area contributed by atoms with Gasteiger partial charge in [-0.3, -0.25) is 0 Å². The number of rotatable bonds is 5. The molecule has 1 aromatic heterocycles. The smallest absolute Gasteiger partial charge is 0.145 e. The molecule has 0 bridgehead atoms. The average molecular weight is 776 g/mol. The molecule has 0 fully saturated rings. The van der Waals surface area contributed by atoms with E-state index in [0.29, 0.717) is 0 Å².